The van der Waals surface area contributed by atoms with Gasteiger partial charge < -0.3 is 5.11 Å². The zero-order valence-electron chi connectivity index (χ0n) is 16.4. The third-order valence-electron chi connectivity index (χ3n) is 3.81. The number of benzene rings is 2. The molecule has 2 aromatic rings. The van der Waals surface area contributed by atoms with Crippen LogP contribution in [0.3, 0.4) is 0 Å². The minimum absolute atomic E-state index is 0.285. The second-order valence-corrected chi connectivity index (χ2v) is 9.88. The van der Waals surface area contributed by atoms with Gasteiger partial charge >= 0.3 is 88.1 Å². The van der Waals surface area contributed by atoms with Gasteiger partial charge in [-0.05, 0) is 38.3 Å². The van der Waals surface area contributed by atoms with Crippen molar-refractivity contribution in [2.75, 3.05) is 5.32 Å². The van der Waals surface area contributed by atoms with Gasteiger partial charge in [0.05, 0.1) is 0 Å². The van der Waals surface area contributed by atoms with Gasteiger partial charge in [0.25, 0.3) is 0 Å². The molecule has 5 N–H and O–H groups in total. The molecule has 0 aliphatic heterocycles. The number of aryl methyl sites for hydroxylation is 2. The number of carbonyl (C=O) groups excluding carboxylic acids is 1. The van der Waals surface area contributed by atoms with Crippen molar-refractivity contribution >= 4 is 30.1 Å². The first-order valence-corrected chi connectivity index (χ1v) is 11.8. The normalized spacial score (nSPS) is 10.6. The number of aromatic hydroxyl groups is 2. The van der Waals surface area contributed by atoms with E-state index in [0.717, 1.165) is 40.8 Å². The van der Waals surface area contributed by atoms with E-state index in [1.807, 2.05) is 32.9 Å². The summed E-state index contributed by atoms with van der Waals surface area (Å²) in [6, 6.07) is 7.48. The summed E-state index contributed by atoms with van der Waals surface area (Å²) in [7, 11) is 0. The van der Waals surface area contributed by atoms with Crippen molar-refractivity contribution in [1.82, 2.24) is 0 Å². The first kappa shape index (κ1) is 23.6. The number of rotatable bonds is 4. The molecule has 0 atom stereocenters. The molecular weight excluding hydrogens is 425 g/mol. The van der Waals surface area contributed by atoms with E-state index in [9.17, 15) is 18.7 Å². The molecule has 2 rings (SSSR count). The van der Waals surface area contributed by atoms with Crippen LogP contribution in [0.4, 0.5) is 5.69 Å². The maximum absolute atomic E-state index is 10.9. The number of allylic oxidation sites excluding steroid dienone is 1. The van der Waals surface area contributed by atoms with E-state index in [1.165, 1.54) is 13.0 Å². The molecule has 0 unspecified atom stereocenters. The number of amides is 1. The van der Waals surface area contributed by atoms with Gasteiger partial charge in [-0.2, -0.15) is 0 Å². The van der Waals surface area contributed by atoms with Crippen molar-refractivity contribution < 1.29 is 26.9 Å². The quantitative estimate of drug-likeness (QED) is 0.358. The van der Waals surface area contributed by atoms with Gasteiger partial charge in [0.2, 0.25) is 0 Å². The zero-order chi connectivity index (χ0) is 21.6. The molecule has 0 heterocycles. The molecule has 0 saturated carbocycles. The first-order valence-electron chi connectivity index (χ1n) is 8.42. The van der Waals surface area contributed by atoms with Crippen LogP contribution in [0.5, 0.6) is 11.5 Å². The van der Waals surface area contributed by atoms with Crippen LogP contribution >= 0.6 is 0 Å². The van der Waals surface area contributed by atoms with Gasteiger partial charge in [-0.3, -0.25) is 0 Å². The summed E-state index contributed by atoms with van der Waals surface area (Å²) >= 11 is -5.09. The average Bonchev–Trinajstić information content (AvgIpc) is 2.54. The SMILES string of the molecule is C=C(C)Cc1c(C)ccc(C)c1O.CC(=O)Nc1ccc([As](=O)(O)O)c(O)c1. The molecule has 7 nitrogen and oxygen atoms in total. The van der Waals surface area contributed by atoms with Crippen LogP contribution in [0.1, 0.15) is 30.5 Å². The predicted octanol–water partition coefficient (Wildman–Crippen LogP) is 2.04. The van der Waals surface area contributed by atoms with Gasteiger partial charge in [0, 0.05) is 5.56 Å². The summed E-state index contributed by atoms with van der Waals surface area (Å²) in [5, 5.41) is 21.5. The molecular formula is C20H26AsNO6. The predicted molar refractivity (Wildman–Crippen MR) is 109 cm³/mol. The fraction of sp³-hybridized carbons (Fsp3) is 0.250. The molecule has 0 saturated heterocycles. The van der Waals surface area contributed by atoms with Gasteiger partial charge in [-0.1, -0.05) is 24.3 Å². The Kier molecular flexibility index (Phi) is 8.12. The molecule has 0 radical (unpaired) electrons. The molecule has 8 heteroatoms. The molecule has 28 heavy (non-hydrogen) atoms. The van der Waals surface area contributed by atoms with Crippen molar-refractivity contribution in [3.05, 3.63) is 59.2 Å². The number of phenolic OH excluding ortho intramolecular Hbond substituents is 2. The summed E-state index contributed by atoms with van der Waals surface area (Å²) in [6.45, 7) is 11.0. The fourth-order valence-electron chi connectivity index (χ4n) is 2.43. The molecule has 152 valence electrons. The maximum atomic E-state index is 10.9. The van der Waals surface area contributed by atoms with Gasteiger partial charge in [-0.25, -0.2) is 0 Å². The topological polar surface area (TPSA) is 127 Å². The monoisotopic (exact) mass is 451 g/mol. The van der Waals surface area contributed by atoms with E-state index in [0.29, 0.717) is 5.75 Å². The van der Waals surface area contributed by atoms with Crippen LogP contribution < -0.4 is 9.67 Å². The molecule has 0 fully saturated rings. The molecule has 1 amide bonds. The number of carbonyl (C=O) groups is 1. The number of anilines is 1. The van der Waals surface area contributed by atoms with Crippen LogP contribution in [0.2, 0.25) is 0 Å². The number of nitrogens with one attached hydrogen (secondary N) is 1. The molecule has 0 spiro atoms. The molecule has 0 aliphatic carbocycles. The van der Waals surface area contributed by atoms with Crippen molar-refractivity contribution in [3.63, 3.8) is 0 Å². The van der Waals surface area contributed by atoms with Gasteiger partial charge in [0.15, 0.2) is 0 Å². The fourth-order valence-corrected chi connectivity index (χ4v) is 3.76. The molecule has 0 bridgehead atoms. The van der Waals surface area contributed by atoms with E-state index in [1.54, 1.807) is 0 Å². The number of phenols is 2. The first-order chi connectivity index (χ1) is 12.8. The average molecular weight is 451 g/mol. The van der Waals surface area contributed by atoms with Crippen LogP contribution in [0.15, 0.2) is 42.5 Å². The van der Waals surface area contributed by atoms with Crippen molar-refractivity contribution in [2.24, 2.45) is 0 Å². The van der Waals surface area contributed by atoms with Crippen LogP contribution in [-0.2, 0) is 15.0 Å². The van der Waals surface area contributed by atoms with E-state index < -0.39 is 24.3 Å². The Morgan fingerprint density at radius 1 is 1.07 bits per heavy atom. The van der Waals surface area contributed by atoms with Crippen LogP contribution in [0.25, 0.3) is 0 Å². The standard InChI is InChI=1S/C12H16O.C8H10AsNO5/c1-8(2)7-11-9(3)5-6-10(4)12(11)13;1-5(11)10-6-2-3-7(8(12)4-6)9(13,14)15/h5-6,13H,1,7H2,2-4H3;2-4,12H,1H3,(H,10,11)(H2,13,14,15). The van der Waals surface area contributed by atoms with Crippen molar-refractivity contribution in [3.8, 4) is 11.5 Å². The van der Waals surface area contributed by atoms with E-state index in [2.05, 4.69) is 11.9 Å². The van der Waals surface area contributed by atoms with Crippen LogP contribution in [-0.4, -0.2) is 38.5 Å². The third kappa shape index (κ3) is 6.92. The number of hydrogen-bond donors (Lipinski definition) is 5. The Morgan fingerprint density at radius 2 is 1.64 bits per heavy atom. The van der Waals surface area contributed by atoms with E-state index >= 15 is 0 Å². The van der Waals surface area contributed by atoms with Crippen molar-refractivity contribution in [1.29, 1.82) is 0 Å². The molecule has 0 aliphatic rings. The Balaban J connectivity index is 0.000000283. The summed E-state index contributed by atoms with van der Waals surface area (Å²) in [5.74, 6) is -0.430. The second kappa shape index (κ2) is 9.64. The summed E-state index contributed by atoms with van der Waals surface area (Å²) in [4.78, 5) is 10.7. The van der Waals surface area contributed by atoms with Crippen molar-refractivity contribution in [2.45, 2.75) is 34.1 Å². The molecule has 2 aromatic carbocycles. The van der Waals surface area contributed by atoms with E-state index in [-0.39, 0.29) is 11.6 Å². The Bertz CT molecular complexity index is 933. The second-order valence-electron chi connectivity index (χ2n) is 6.59. The summed E-state index contributed by atoms with van der Waals surface area (Å²) in [5.41, 5.74) is 4.43. The zero-order valence-corrected chi connectivity index (χ0v) is 18.2. The Labute approximate surface area is 167 Å². The Morgan fingerprint density at radius 3 is 2.11 bits per heavy atom. The summed E-state index contributed by atoms with van der Waals surface area (Å²) < 4.78 is 28.2. The van der Waals surface area contributed by atoms with Gasteiger partial charge in [-0.15, -0.1) is 0 Å². The number of hydrogen-bond acceptors (Lipinski definition) is 4. The minimum atomic E-state index is -5.09. The summed E-state index contributed by atoms with van der Waals surface area (Å²) in [6.07, 6.45) is 0.763. The third-order valence-corrected chi connectivity index (χ3v) is 5.92. The molecule has 0 aromatic heterocycles. The van der Waals surface area contributed by atoms with E-state index in [4.69, 9.17) is 8.19 Å². The van der Waals surface area contributed by atoms with Crippen LogP contribution in [0, 0.1) is 13.8 Å². The Hall–Kier alpha value is -2.47. The van der Waals surface area contributed by atoms with Gasteiger partial charge in [0.1, 0.15) is 5.75 Å².